The first-order valence-corrected chi connectivity index (χ1v) is 5.91. The third-order valence-corrected chi connectivity index (χ3v) is 3.40. The lowest BCUT2D eigenvalue weighted by atomic mass is 10.1. The summed E-state index contributed by atoms with van der Waals surface area (Å²) in [5.74, 6) is 1.92. The molecule has 0 bridgehead atoms. The summed E-state index contributed by atoms with van der Waals surface area (Å²) in [5, 5.41) is 4.51. The maximum Gasteiger partial charge on any atom is 0.258 e. The summed E-state index contributed by atoms with van der Waals surface area (Å²) in [5.41, 5.74) is 1.55. The highest BCUT2D eigenvalue weighted by Gasteiger charge is 2.29. The van der Waals surface area contributed by atoms with Crippen molar-refractivity contribution in [1.29, 1.82) is 0 Å². The molecule has 0 spiro atoms. The third kappa shape index (κ3) is 1.33. The summed E-state index contributed by atoms with van der Waals surface area (Å²) in [6, 6.07) is 0. The Morgan fingerprint density at radius 1 is 1.41 bits per heavy atom. The summed E-state index contributed by atoms with van der Waals surface area (Å²) in [6.45, 7) is 1.02. The monoisotopic (exact) mass is 232 g/mol. The molecule has 0 radical (unpaired) electrons. The minimum atomic E-state index is -0.0954. The van der Waals surface area contributed by atoms with Crippen molar-refractivity contribution in [3.8, 4) is 0 Å². The molecule has 1 aliphatic heterocycles. The molecule has 4 rings (SSSR count). The molecule has 6 heteroatoms. The molecule has 1 saturated carbocycles. The minimum absolute atomic E-state index is 0.0954. The molecule has 0 atom stereocenters. The van der Waals surface area contributed by atoms with Gasteiger partial charge in [0.25, 0.3) is 5.56 Å². The van der Waals surface area contributed by atoms with Crippen molar-refractivity contribution in [2.75, 3.05) is 6.61 Å². The van der Waals surface area contributed by atoms with Gasteiger partial charge in [0.05, 0.1) is 24.5 Å². The zero-order valence-electron chi connectivity index (χ0n) is 9.27. The number of nitrogens with one attached hydrogen (secondary N) is 1. The van der Waals surface area contributed by atoms with E-state index in [2.05, 4.69) is 15.1 Å². The molecule has 0 unspecified atom stereocenters. The average molecular weight is 232 g/mol. The van der Waals surface area contributed by atoms with Gasteiger partial charge in [-0.2, -0.15) is 4.98 Å². The van der Waals surface area contributed by atoms with Crippen LogP contribution >= 0.6 is 0 Å². The number of aromatic nitrogens is 4. The fourth-order valence-corrected chi connectivity index (χ4v) is 2.30. The van der Waals surface area contributed by atoms with Gasteiger partial charge in [0.2, 0.25) is 5.78 Å². The maximum absolute atomic E-state index is 11.9. The first kappa shape index (κ1) is 9.35. The summed E-state index contributed by atoms with van der Waals surface area (Å²) in [7, 11) is 0. The van der Waals surface area contributed by atoms with E-state index in [0.29, 0.717) is 30.5 Å². The van der Waals surface area contributed by atoms with E-state index in [0.717, 1.165) is 30.8 Å². The summed E-state index contributed by atoms with van der Waals surface area (Å²) in [4.78, 5) is 19.0. The van der Waals surface area contributed by atoms with E-state index in [4.69, 9.17) is 4.74 Å². The molecule has 1 N–H and O–H groups in total. The van der Waals surface area contributed by atoms with E-state index in [-0.39, 0.29) is 5.56 Å². The van der Waals surface area contributed by atoms with Gasteiger partial charge in [-0.15, -0.1) is 5.10 Å². The molecule has 17 heavy (non-hydrogen) atoms. The highest BCUT2D eigenvalue weighted by molar-refractivity contribution is 5.34. The van der Waals surface area contributed by atoms with E-state index in [1.54, 1.807) is 4.52 Å². The third-order valence-electron chi connectivity index (χ3n) is 3.40. The number of hydrogen-bond acceptors (Lipinski definition) is 4. The molecule has 0 amide bonds. The molecular formula is C11H12N4O2. The molecule has 6 nitrogen and oxygen atoms in total. The largest absolute Gasteiger partial charge is 0.376 e. The van der Waals surface area contributed by atoms with Crippen LogP contribution in [0, 0.1) is 0 Å². The molecule has 3 heterocycles. The first-order valence-electron chi connectivity index (χ1n) is 5.91. The topological polar surface area (TPSA) is 72.3 Å². The number of nitrogens with zero attached hydrogens (tertiary/aromatic N) is 3. The van der Waals surface area contributed by atoms with Crippen molar-refractivity contribution in [3.05, 3.63) is 27.4 Å². The van der Waals surface area contributed by atoms with E-state index in [1.165, 1.54) is 0 Å². The average Bonchev–Trinajstić information content (AvgIpc) is 3.11. The van der Waals surface area contributed by atoms with Gasteiger partial charge in [-0.05, 0) is 12.8 Å². The van der Waals surface area contributed by atoms with Gasteiger partial charge in [0.1, 0.15) is 0 Å². The van der Waals surface area contributed by atoms with Crippen LogP contribution in [-0.2, 0) is 17.8 Å². The van der Waals surface area contributed by atoms with Crippen LogP contribution in [0.1, 0.15) is 35.8 Å². The van der Waals surface area contributed by atoms with Crippen molar-refractivity contribution < 1.29 is 4.74 Å². The molecule has 0 saturated heterocycles. The van der Waals surface area contributed by atoms with Crippen molar-refractivity contribution >= 4 is 5.78 Å². The molecule has 2 aromatic rings. The Kier molecular flexibility index (Phi) is 1.74. The summed E-state index contributed by atoms with van der Waals surface area (Å²) < 4.78 is 7.10. The van der Waals surface area contributed by atoms with Crippen molar-refractivity contribution in [3.63, 3.8) is 0 Å². The Balaban J connectivity index is 2.02. The van der Waals surface area contributed by atoms with Gasteiger partial charge < -0.3 is 4.74 Å². The van der Waals surface area contributed by atoms with Crippen molar-refractivity contribution in [2.45, 2.75) is 31.8 Å². The Hall–Kier alpha value is -1.69. The number of H-pyrrole nitrogens is 1. The van der Waals surface area contributed by atoms with E-state index >= 15 is 0 Å². The van der Waals surface area contributed by atoms with Gasteiger partial charge in [0.15, 0.2) is 5.82 Å². The van der Waals surface area contributed by atoms with Crippen molar-refractivity contribution in [1.82, 2.24) is 19.6 Å². The quantitative estimate of drug-likeness (QED) is 0.771. The number of fused-ring (bicyclic) bond motifs is 3. The first-order chi connectivity index (χ1) is 8.33. The fraction of sp³-hybridized carbons (Fsp3) is 0.545. The molecule has 1 aliphatic carbocycles. The fourth-order valence-electron chi connectivity index (χ4n) is 2.30. The van der Waals surface area contributed by atoms with Crippen LogP contribution in [0.25, 0.3) is 5.78 Å². The van der Waals surface area contributed by atoms with Crippen LogP contribution in [0.2, 0.25) is 0 Å². The summed E-state index contributed by atoms with van der Waals surface area (Å²) >= 11 is 0. The predicted octanol–water partition coefficient (Wildman–Crippen LogP) is 0.368. The molecule has 0 aromatic carbocycles. The second-order valence-electron chi connectivity index (χ2n) is 4.66. The van der Waals surface area contributed by atoms with Gasteiger partial charge in [-0.25, -0.2) is 4.52 Å². The van der Waals surface area contributed by atoms with E-state index in [9.17, 15) is 4.79 Å². The molecular weight excluding hydrogens is 220 g/mol. The van der Waals surface area contributed by atoms with Crippen LogP contribution in [0.15, 0.2) is 4.79 Å². The van der Waals surface area contributed by atoms with Crippen LogP contribution < -0.4 is 5.56 Å². The van der Waals surface area contributed by atoms with Crippen LogP contribution in [0.4, 0.5) is 0 Å². The molecule has 2 aromatic heterocycles. The molecule has 1 fully saturated rings. The number of rotatable bonds is 1. The summed E-state index contributed by atoms with van der Waals surface area (Å²) in [6.07, 6.45) is 3.04. The second kappa shape index (κ2) is 3.16. The maximum atomic E-state index is 11.9. The smallest absolute Gasteiger partial charge is 0.258 e. The Bertz CT molecular complexity index is 653. The SMILES string of the molecule is O=c1[nH]c2nc(C3CC3)nn2c2c1COCC2. The van der Waals surface area contributed by atoms with Crippen LogP contribution in [0.3, 0.4) is 0 Å². The Labute approximate surface area is 96.6 Å². The Morgan fingerprint density at radius 2 is 2.29 bits per heavy atom. The lowest BCUT2D eigenvalue weighted by molar-refractivity contribution is 0.107. The normalized spacial score (nSPS) is 19.5. The second-order valence-corrected chi connectivity index (χ2v) is 4.66. The highest BCUT2D eigenvalue weighted by Crippen LogP contribution is 2.38. The van der Waals surface area contributed by atoms with Gasteiger partial charge in [-0.1, -0.05) is 0 Å². The Morgan fingerprint density at radius 3 is 3.12 bits per heavy atom. The van der Waals surface area contributed by atoms with Gasteiger partial charge >= 0.3 is 0 Å². The predicted molar refractivity (Wildman–Crippen MR) is 58.9 cm³/mol. The highest BCUT2D eigenvalue weighted by atomic mass is 16.5. The molecule has 2 aliphatic rings. The lowest BCUT2D eigenvalue weighted by Crippen LogP contribution is -2.25. The molecule has 88 valence electrons. The number of aromatic amines is 1. The van der Waals surface area contributed by atoms with Crippen LogP contribution in [0.5, 0.6) is 0 Å². The number of hydrogen-bond donors (Lipinski definition) is 1. The van der Waals surface area contributed by atoms with E-state index in [1.807, 2.05) is 0 Å². The zero-order chi connectivity index (χ0) is 11.4. The lowest BCUT2D eigenvalue weighted by Gasteiger charge is -2.15. The van der Waals surface area contributed by atoms with Gasteiger partial charge in [0, 0.05) is 12.3 Å². The van der Waals surface area contributed by atoms with Crippen LogP contribution in [-0.4, -0.2) is 26.2 Å². The standard InChI is InChI=1S/C11H12N4O2/c16-10-7-5-17-4-3-8(7)15-11(13-10)12-9(14-15)6-1-2-6/h6H,1-5H2,(H,12,13,14,16). The van der Waals surface area contributed by atoms with Gasteiger partial charge in [-0.3, -0.25) is 9.78 Å². The van der Waals surface area contributed by atoms with E-state index < -0.39 is 0 Å². The number of ether oxygens (including phenoxy) is 1. The minimum Gasteiger partial charge on any atom is -0.376 e. The zero-order valence-corrected chi connectivity index (χ0v) is 9.27. The van der Waals surface area contributed by atoms with Crippen molar-refractivity contribution in [2.24, 2.45) is 0 Å².